The first-order valence-electron chi connectivity index (χ1n) is 11.2. The van der Waals surface area contributed by atoms with Crippen LogP contribution < -0.4 is 5.32 Å². The van der Waals surface area contributed by atoms with Gasteiger partial charge in [-0.2, -0.15) is 0 Å². The highest BCUT2D eigenvalue weighted by Gasteiger charge is 2.41. The molecular formula is C26H22N4O4S. The normalized spacial score (nSPS) is 16.3. The Morgan fingerprint density at radius 3 is 2.63 bits per heavy atom. The molecule has 3 heterocycles. The number of fused-ring (bicyclic) bond motifs is 3. The number of rotatable bonds is 8. The fourth-order valence-electron chi connectivity index (χ4n) is 3.88. The minimum absolute atomic E-state index is 0.0490. The maximum absolute atomic E-state index is 13.3. The number of nitrogens with one attached hydrogen (secondary N) is 1. The molecule has 0 saturated carbocycles. The number of hydrogen-bond acceptors (Lipinski definition) is 7. The van der Waals surface area contributed by atoms with Crippen LogP contribution in [0.4, 0.5) is 5.69 Å². The third kappa shape index (κ3) is 4.95. The summed E-state index contributed by atoms with van der Waals surface area (Å²) >= 11 is 1.21. The van der Waals surface area contributed by atoms with E-state index in [-0.39, 0.29) is 36.2 Å². The zero-order valence-electron chi connectivity index (χ0n) is 18.7. The first-order chi connectivity index (χ1) is 17.1. The molecule has 176 valence electrons. The Morgan fingerprint density at radius 1 is 1.03 bits per heavy atom. The van der Waals surface area contributed by atoms with Crippen LogP contribution in [0.3, 0.4) is 0 Å². The van der Waals surface area contributed by atoms with E-state index in [0.717, 1.165) is 5.56 Å². The van der Waals surface area contributed by atoms with E-state index in [9.17, 15) is 14.4 Å². The SMILES string of the molecule is O=C(CC[C@@H]1N=C2c3ccccc3N=C(SCC(=O)c3ccccc3)N2C1=O)NCc1ccco1. The summed E-state index contributed by atoms with van der Waals surface area (Å²) in [5.74, 6) is 0.834. The van der Waals surface area contributed by atoms with Crippen LogP contribution in [0.25, 0.3) is 0 Å². The standard InChI is InChI=1S/C26H22N4O4S/c31-22(17-7-2-1-3-8-17)16-35-26-29-20-11-5-4-10-19(20)24-28-21(25(33)30(24)26)12-13-23(32)27-15-18-9-6-14-34-18/h1-11,14,21H,12-13,15-16H2,(H,27,32)/t21-/m0/s1. The van der Waals surface area contributed by atoms with Crippen LogP contribution in [0.15, 0.2) is 87.4 Å². The van der Waals surface area contributed by atoms with Gasteiger partial charge in [0.05, 0.1) is 24.2 Å². The van der Waals surface area contributed by atoms with Crippen molar-refractivity contribution in [2.24, 2.45) is 9.98 Å². The van der Waals surface area contributed by atoms with Gasteiger partial charge in [0.1, 0.15) is 17.6 Å². The molecule has 0 spiro atoms. The van der Waals surface area contributed by atoms with Crippen molar-refractivity contribution >= 4 is 46.1 Å². The van der Waals surface area contributed by atoms with E-state index >= 15 is 0 Å². The molecule has 3 aromatic rings. The zero-order chi connectivity index (χ0) is 24.2. The largest absolute Gasteiger partial charge is 0.467 e. The maximum Gasteiger partial charge on any atom is 0.259 e. The maximum atomic E-state index is 13.3. The first kappa shape index (κ1) is 22.8. The summed E-state index contributed by atoms with van der Waals surface area (Å²) < 4.78 is 5.22. The molecule has 1 atom stereocenters. The molecule has 0 aliphatic carbocycles. The number of thioether (sulfide) groups is 1. The van der Waals surface area contributed by atoms with Gasteiger partial charge in [-0.15, -0.1) is 0 Å². The van der Waals surface area contributed by atoms with Crippen molar-refractivity contribution in [3.63, 3.8) is 0 Å². The predicted molar refractivity (Wildman–Crippen MR) is 134 cm³/mol. The fraction of sp³-hybridized carbons (Fsp3) is 0.192. The van der Waals surface area contributed by atoms with E-state index in [1.807, 2.05) is 42.5 Å². The van der Waals surface area contributed by atoms with Crippen LogP contribution in [-0.2, 0) is 16.1 Å². The number of carbonyl (C=O) groups excluding carboxylic acids is 3. The number of benzene rings is 2. The number of Topliss-reactive ketones (excluding diaryl/α,β-unsaturated/α-hetero) is 1. The topological polar surface area (TPSA) is 104 Å². The van der Waals surface area contributed by atoms with Crippen LogP contribution in [0.1, 0.15) is 34.5 Å². The molecular weight excluding hydrogens is 464 g/mol. The average Bonchev–Trinajstić information content (AvgIpc) is 3.53. The van der Waals surface area contributed by atoms with Gasteiger partial charge >= 0.3 is 0 Å². The second-order valence-electron chi connectivity index (χ2n) is 8.03. The van der Waals surface area contributed by atoms with Crippen LogP contribution in [0.5, 0.6) is 0 Å². The summed E-state index contributed by atoms with van der Waals surface area (Å²) in [6.45, 7) is 0.293. The monoisotopic (exact) mass is 486 g/mol. The Morgan fingerprint density at radius 2 is 1.83 bits per heavy atom. The highest BCUT2D eigenvalue weighted by atomic mass is 32.2. The van der Waals surface area contributed by atoms with E-state index < -0.39 is 6.04 Å². The van der Waals surface area contributed by atoms with Gasteiger partial charge in [-0.05, 0) is 30.7 Å². The summed E-state index contributed by atoms with van der Waals surface area (Å²) in [5, 5.41) is 3.21. The van der Waals surface area contributed by atoms with E-state index in [4.69, 9.17) is 4.42 Å². The van der Waals surface area contributed by atoms with Crippen molar-refractivity contribution in [2.45, 2.75) is 25.4 Å². The number of furan rings is 1. The smallest absolute Gasteiger partial charge is 0.259 e. The summed E-state index contributed by atoms with van der Waals surface area (Å²) in [6.07, 6.45) is 1.97. The van der Waals surface area contributed by atoms with Gasteiger partial charge in [0.2, 0.25) is 5.91 Å². The lowest BCUT2D eigenvalue weighted by molar-refractivity contribution is -0.125. The van der Waals surface area contributed by atoms with E-state index in [1.165, 1.54) is 16.7 Å². The predicted octanol–water partition coefficient (Wildman–Crippen LogP) is 3.95. The molecule has 8 nitrogen and oxygen atoms in total. The zero-order valence-corrected chi connectivity index (χ0v) is 19.5. The number of aliphatic imine (C=N–C) groups is 2. The van der Waals surface area contributed by atoms with E-state index in [1.54, 1.807) is 30.5 Å². The number of para-hydroxylation sites is 1. The quantitative estimate of drug-likeness (QED) is 0.486. The number of nitrogens with zero attached hydrogens (tertiary/aromatic N) is 3. The molecule has 5 rings (SSSR count). The summed E-state index contributed by atoms with van der Waals surface area (Å²) in [4.78, 5) is 49.1. The molecule has 35 heavy (non-hydrogen) atoms. The van der Waals surface area contributed by atoms with Gasteiger partial charge in [-0.3, -0.25) is 19.4 Å². The number of amides is 2. The Labute approximate surface area is 206 Å². The third-order valence-electron chi connectivity index (χ3n) is 5.66. The number of ketones is 1. The lowest BCUT2D eigenvalue weighted by atomic mass is 10.1. The average molecular weight is 487 g/mol. The van der Waals surface area contributed by atoms with Crippen molar-refractivity contribution in [3.05, 3.63) is 89.9 Å². The number of carbonyl (C=O) groups is 3. The highest BCUT2D eigenvalue weighted by molar-refractivity contribution is 8.14. The Bertz CT molecular complexity index is 1320. The third-order valence-corrected chi connectivity index (χ3v) is 6.60. The molecule has 1 N–H and O–H groups in total. The van der Waals surface area contributed by atoms with Gasteiger partial charge in [-0.25, -0.2) is 9.89 Å². The van der Waals surface area contributed by atoms with Crippen molar-refractivity contribution in [1.29, 1.82) is 0 Å². The molecule has 0 fully saturated rings. The Hall–Kier alpha value is -3.98. The minimum atomic E-state index is -0.693. The molecule has 0 saturated heterocycles. The Balaban J connectivity index is 1.28. The number of amidine groups is 2. The summed E-state index contributed by atoms with van der Waals surface area (Å²) in [7, 11) is 0. The van der Waals surface area contributed by atoms with Crippen molar-refractivity contribution in [3.8, 4) is 0 Å². The van der Waals surface area contributed by atoms with Gasteiger partial charge in [0.15, 0.2) is 11.0 Å². The summed E-state index contributed by atoms with van der Waals surface area (Å²) in [6, 6.07) is 19.3. The number of hydrogen-bond donors (Lipinski definition) is 1. The van der Waals surface area contributed by atoms with Crippen molar-refractivity contribution in [2.75, 3.05) is 5.75 Å². The molecule has 9 heteroatoms. The van der Waals surface area contributed by atoms with Crippen LogP contribution in [-0.4, -0.2) is 45.3 Å². The summed E-state index contributed by atoms with van der Waals surface area (Å²) in [5.41, 5.74) is 2.06. The van der Waals surface area contributed by atoms with Crippen LogP contribution in [0, 0.1) is 0 Å². The van der Waals surface area contributed by atoms with Crippen molar-refractivity contribution < 1.29 is 18.8 Å². The molecule has 2 aromatic carbocycles. The molecule has 2 aliphatic heterocycles. The lowest BCUT2D eigenvalue weighted by Crippen LogP contribution is -2.41. The van der Waals surface area contributed by atoms with Gasteiger partial charge in [-0.1, -0.05) is 54.2 Å². The molecule has 0 radical (unpaired) electrons. The van der Waals surface area contributed by atoms with Crippen molar-refractivity contribution in [1.82, 2.24) is 10.2 Å². The lowest BCUT2D eigenvalue weighted by Gasteiger charge is -2.25. The van der Waals surface area contributed by atoms with E-state index in [2.05, 4.69) is 15.3 Å². The second kappa shape index (κ2) is 10.1. The fourth-order valence-corrected chi connectivity index (χ4v) is 4.77. The molecule has 0 bridgehead atoms. The minimum Gasteiger partial charge on any atom is -0.467 e. The van der Waals surface area contributed by atoms with Gasteiger partial charge in [0.25, 0.3) is 5.91 Å². The van der Waals surface area contributed by atoms with E-state index in [0.29, 0.717) is 34.6 Å². The molecule has 1 aromatic heterocycles. The second-order valence-corrected chi connectivity index (χ2v) is 8.97. The van der Waals surface area contributed by atoms with Gasteiger partial charge in [0, 0.05) is 17.5 Å². The molecule has 0 unspecified atom stereocenters. The first-order valence-corrected chi connectivity index (χ1v) is 12.2. The molecule has 2 aliphatic rings. The van der Waals surface area contributed by atoms with Crippen LogP contribution in [0.2, 0.25) is 0 Å². The Kier molecular flexibility index (Phi) is 6.58. The molecule has 2 amide bonds. The highest BCUT2D eigenvalue weighted by Crippen LogP contribution is 2.34. The van der Waals surface area contributed by atoms with Gasteiger partial charge < -0.3 is 9.73 Å². The van der Waals surface area contributed by atoms with Crippen LogP contribution >= 0.6 is 11.8 Å².